The van der Waals surface area contributed by atoms with Crippen LogP contribution in [0, 0.1) is 0 Å². The van der Waals surface area contributed by atoms with Gasteiger partial charge >= 0.3 is 0 Å². The van der Waals surface area contributed by atoms with E-state index in [1.54, 1.807) is 0 Å². The van der Waals surface area contributed by atoms with Gasteiger partial charge < -0.3 is 4.55 Å². The van der Waals surface area contributed by atoms with E-state index in [0.717, 1.165) is 12.8 Å². The van der Waals surface area contributed by atoms with Crippen molar-refractivity contribution in [2.45, 2.75) is 181 Å². The predicted octanol–water partition coefficient (Wildman–Crippen LogP) is 10.3. The van der Waals surface area contributed by atoms with Gasteiger partial charge in [0.2, 0.25) is 0 Å². The molecule has 5 heteroatoms. The minimum Gasteiger partial charge on any atom is -0.748 e. The molecule has 0 aromatic rings. The highest BCUT2D eigenvalue weighted by Gasteiger charge is 1.97. The Morgan fingerprint density at radius 3 is 0.886 bits per heavy atom. The van der Waals surface area contributed by atoms with Gasteiger partial charge in [0.25, 0.3) is 0 Å². The van der Waals surface area contributed by atoms with Crippen molar-refractivity contribution in [1.29, 1.82) is 0 Å². The van der Waals surface area contributed by atoms with Crippen molar-refractivity contribution in [3.63, 3.8) is 0 Å². The molecule has 0 radical (unpaired) electrons. The summed E-state index contributed by atoms with van der Waals surface area (Å²) in [5.41, 5.74) is 0. The maximum Gasteiger partial charge on any atom is 0.0945 e. The highest BCUT2D eigenvalue weighted by Crippen LogP contribution is 2.14. The maximum atomic E-state index is 10.4. The molecule has 0 heterocycles. The topological polar surface area (TPSA) is 57.2 Å². The van der Waals surface area contributed by atoms with Crippen LogP contribution < -0.4 is 0 Å². The number of rotatable bonds is 27. The third kappa shape index (κ3) is 41.7. The zero-order valence-electron chi connectivity index (χ0n) is 24.1. The van der Waals surface area contributed by atoms with Crippen LogP contribution in [0.15, 0.2) is 0 Å². The lowest BCUT2D eigenvalue weighted by Crippen LogP contribution is -2.03. The Morgan fingerprint density at radius 2 is 0.657 bits per heavy atom. The molecule has 35 heavy (non-hydrogen) atoms. The summed E-state index contributed by atoms with van der Waals surface area (Å²) < 4.78 is 31.2. The summed E-state index contributed by atoms with van der Waals surface area (Å²) in [5.74, 6) is -0.189. The quantitative estimate of drug-likeness (QED) is 0.0596. The average Bonchev–Trinajstić information content (AvgIpc) is 2.82. The molecule has 0 aliphatic carbocycles. The Bertz CT molecular complexity index is 456. The SMILES string of the molecule is CCCCCCCCCCCCCCCCS(=O)(=O)[O-].CCCCCCCCCCCCCC[PH3+]. The van der Waals surface area contributed by atoms with Crippen LogP contribution in [0.3, 0.4) is 0 Å². The first kappa shape index (κ1) is 37.5. The molecule has 0 rings (SSSR count). The van der Waals surface area contributed by atoms with Crippen molar-refractivity contribution >= 4 is 19.4 Å². The summed E-state index contributed by atoms with van der Waals surface area (Å²) >= 11 is 0. The molecule has 0 bridgehead atoms. The van der Waals surface area contributed by atoms with Crippen molar-refractivity contribution in [3.05, 3.63) is 0 Å². The van der Waals surface area contributed by atoms with E-state index in [1.807, 2.05) is 0 Å². The first-order chi connectivity index (χ1) is 17.0. The Labute approximate surface area is 224 Å². The van der Waals surface area contributed by atoms with Crippen LogP contribution in [-0.4, -0.2) is 24.9 Å². The van der Waals surface area contributed by atoms with Crippen LogP contribution in [0.5, 0.6) is 0 Å². The van der Waals surface area contributed by atoms with E-state index in [2.05, 4.69) is 23.1 Å². The first-order valence-corrected chi connectivity index (χ1v) is 18.3. The smallest absolute Gasteiger partial charge is 0.0945 e. The van der Waals surface area contributed by atoms with Gasteiger partial charge in [-0.05, 0) is 28.5 Å². The zero-order valence-corrected chi connectivity index (χ0v) is 26.4. The summed E-state index contributed by atoms with van der Waals surface area (Å²) in [6.07, 6.45) is 36.2. The summed E-state index contributed by atoms with van der Waals surface area (Å²) in [7, 11) is -1.88. The largest absolute Gasteiger partial charge is 0.748 e. The molecule has 0 spiro atoms. The van der Waals surface area contributed by atoms with E-state index in [1.165, 1.54) is 154 Å². The molecular weight excluding hydrogens is 471 g/mol. The Balaban J connectivity index is 0. The first-order valence-electron chi connectivity index (χ1n) is 15.7. The van der Waals surface area contributed by atoms with E-state index in [4.69, 9.17) is 0 Å². The lowest BCUT2D eigenvalue weighted by molar-refractivity contribution is 0.459. The van der Waals surface area contributed by atoms with E-state index in [9.17, 15) is 13.0 Å². The summed E-state index contributed by atoms with van der Waals surface area (Å²) in [6, 6.07) is 0. The van der Waals surface area contributed by atoms with Crippen LogP contribution in [0.1, 0.15) is 181 Å². The molecule has 0 aliphatic heterocycles. The fourth-order valence-electron chi connectivity index (χ4n) is 4.49. The van der Waals surface area contributed by atoms with E-state index in [-0.39, 0.29) is 5.75 Å². The highest BCUT2D eigenvalue weighted by atomic mass is 32.2. The van der Waals surface area contributed by atoms with E-state index < -0.39 is 10.1 Å². The lowest BCUT2D eigenvalue weighted by Gasteiger charge is -2.06. The van der Waals surface area contributed by atoms with Crippen molar-refractivity contribution < 1.29 is 13.0 Å². The molecular formula is C30H65O3PS. The standard InChI is InChI=1S/C16H34O3S.C14H31P/c1-2-3-4-5-6-7-8-9-10-11-12-13-14-15-16-20(17,18)19;1-2-3-4-5-6-7-8-9-10-11-12-13-14-15/h2-16H2,1H3,(H,17,18,19);2-15H2,1H3. The van der Waals surface area contributed by atoms with Crippen molar-refractivity contribution in [3.8, 4) is 0 Å². The minimum atomic E-state index is -3.99. The van der Waals surface area contributed by atoms with Crippen LogP contribution in [0.4, 0.5) is 0 Å². The van der Waals surface area contributed by atoms with Gasteiger partial charge in [-0.25, -0.2) is 8.42 Å². The Hall–Kier alpha value is 0.340. The van der Waals surface area contributed by atoms with Gasteiger partial charge in [0.1, 0.15) is 0 Å². The Kier molecular flexibility index (Phi) is 34.7. The van der Waals surface area contributed by atoms with Gasteiger partial charge in [-0.3, -0.25) is 0 Å². The monoisotopic (exact) mass is 536 g/mol. The molecule has 214 valence electrons. The predicted molar refractivity (Wildman–Crippen MR) is 162 cm³/mol. The number of unbranched alkanes of at least 4 members (excludes halogenated alkanes) is 24. The molecule has 0 amide bonds. The number of hydrogen-bond donors (Lipinski definition) is 0. The molecule has 0 saturated carbocycles. The Morgan fingerprint density at radius 1 is 0.429 bits per heavy atom. The fourth-order valence-corrected chi connectivity index (χ4v) is 5.40. The summed E-state index contributed by atoms with van der Waals surface area (Å²) in [4.78, 5) is 0. The van der Waals surface area contributed by atoms with E-state index in [0.29, 0.717) is 6.42 Å². The summed E-state index contributed by atoms with van der Waals surface area (Å²) in [5, 5.41) is 0. The van der Waals surface area contributed by atoms with Crippen LogP contribution in [-0.2, 0) is 10.1 Å². The van der Waals surface area contributed by atoms with Gasteiger partial charge in [-0.2, -0.15) is 0 Å². The van der Waals surface area contributed by atoms with Gasteiger partial charge in [-0.15, -0.1) is 0 Å². The normalized spacial score (nSPS) is 11.5. The third-order valence-electron chi connectivity index (χ3n) is 6.85. The third-order valence-corrected chi connectivity index (χ3v) is 8.14. The second-order valence-electron chi connectivity index (χ2n) is 10.6. The molecule has 0 saturated heterocycles. The van der Waals surface area contributed by atoms with Crippen LogP contribution >= 0.6 is 9.24 Å². The van der Waals surface area contributed by atoms with Crippen molar-refractivity contribution in [1.82, 2.24) is 0 Å². The van der Waals surface area contributed by atoms with Gasteiger partial charge in [-0.1, -0.05) is 162 Å². The molecule has 0 aromatic carbocycles. The minimum absolute atomic E-state index is 0.189. The van der Waals surface area contributed by atoms with Crippen molar-refractivity contribution in [2.75, 3.05) is 11.9 Å². The molecule has 0 fully saturated rings. The molecule has 0 aromatic heterocycles. The molecule has 0 N–H and O–H groups in total. The molecule has 1 unspecified atom stereocenters. The molecule has 0 aliphatic rings. The second-order valence-corrected chi connectivity index (χ2v) is 12.8. The maximum absolute atomic E-state index is 10.4. The average molecular weight is 537 g/mol. The molecule has 1 atom stereocenters. The highest BCUT2D eigenvalue weighted by molar-refractivity contribution is 7.85. The van der Waals surface area contributed by atoms with Crippen LogP contribution in [0.2, 0.25) is 0 Å². The molecule has 3 nitrogen and oxygen atoms in total. The van der Waals surface area contributed by atoms with Crippen molar-refractivity contribution in [2.24, 2.45) is 0 Å². The summed E-state index contributed by atoms with van der Waals surface area (Å²) in [6.45, 7) is 4.54. The second kappa shape index (κ2) is 32.4. The fraction of sp³-hybridized carbons (Fsp3) is 1.00. The zero-order chi connectivity index (χ0) is 26.3. The van der Waals surface area contributed by atoms with Crippen LogP contribution in [0.25, 0.3) is 0 Å². The number of hydrogen-bond acceptors (Lipinski definition) is 3. The van der Waals surface area contributed by atoms with Gasteiger partial charge in [0, 0.05) is 5.75 Å². The lowest BCUT2D eigenvalue weighted by atomic mass is 10.0. The van der Waals surface area contributed by atoms with Gasteiger partial charge in [0.05, 0.1) is 16.3 Å². The van der Waals surface area contributed by atoms with E-state index >= 15 is 0 Å². The van der Waals surface area contributed by atoms with Gasteiger partial charge in [0.15, 0.2) is 0 Å².